The summed E-state index contributed by atoms with van der Waals surface area (Å²) in [5.74, 6) is -10.5. The average Bonchev–Trinajstić information content (AvgIpc) is 3.39. The van der Waals surface area contributed by atoms with Gasteiger partial charge in [-0.25, -0.2) is 27.7 Å². The van der Waals surface area contributed by atoms with Crippen molar-refractivity contribution >= 4 is 90.9 Å². The van der Waals surface area contributed by atoms with Gasteiger partial charge < -0.3 is 26.5 Å². The lowest BCUT2D eigenvalue weighted by atomic mass is 10.0. The van der Waals surface area contributed by atoms with Crippen LogP contribution in [0, 0.1) is 17.5 Å². The highest BCUT2D eigenvalue weighted by Crippen LogP contribution is 2.43. The lowest BCUT2D eigenvalue weighted by Crippen LogP contribution is -2.71. The Morgan fingerprint density at radius 1 is 1.19 bits per heavy atom. The smallest absolute Gasteiger partial charge is 0.352 e. The number of nitrogen functional groups attached to an aromatic ring is 1. The number of halogens is 3. The first-order valence-corrected chi connectivity index (χ1v) is 15.2. The van der Waals surface area contributed by atoms with Gasteiger partial charge in [-0.3, -0.25) is 19.3 Å². The number of carboxylic acids is 2. The first-order chi connectivity index (χ1) is 20.3. The number of aliphatic carboxylic acids is 1. The molecule has 2 amide bonds. The van der Waals surface area contributed by atoms with Crippen LogP contribution in [0.15, 0.2) is 36.9 Å². The molecule has 0 bridgehead atoms. The van der Waals surface area contributed by atoms with Gasteiger partial charge in [0.25, 0.3) is 11.8 Å². The Kier molecular flexibility index (Phi) is 8.11. The number of aromatic nitrogens is 1. The van der Waals surface area contributed by atoms with Crippen LogP contribution in [0.3, 0.4) is 0 Å². The van der Waals surface area contributed by atoms with Crippen LogP contribution in [-0.4, -0.2) is 77.7 Å². The zero-order valence-corrected chi connectivity index (χ0v) is 24.1. The molecular formula is C23H14F3N5O8S4. The number of anilines is 1. The third-order valence-electron chi connectivity index (χ3n) is 6.20. The van der Waals surface area contributed by atoms with E-state index in [2.05, 4.69) is 15.5 Å². The van der Waals surface area contributed by atoms with Gasteiger partial charge >= 0.3 is 11.9 Å². The van der Waals surface area contributed by atoms with Gasteiger partial charge in [-0.2, -0.15) is 0 Å². The summed E-state index contributed by atoms with van der Waals surface area (Å²) in [5.41, 5.74) is 2.57. The highest BCUT2D eigenvalue weighted by atomic mass is 32.2. The topological polar surface area (TPSA) is 213 Å². The van der Waals surface area contributed by atoms with Gasteiger partial charge in [0.15, 0.2) is 28.3 Å². The number of oxime groups is 1. The number of carboxylic acid groups (broad SMARTS) is 2. The minimum Gasteiger partial charge on any atom is -0.477 e. The predicted molar refractivity (Wildman–Crippen MR) is 150 cm³/mol. The van der Waals surface area contributed by atoms with Gasteiger partial charge in [0.1, 0.15) is 28.4 Å². The second kappa shape index (κ2) is 11.5. The number of hydrogen-bond donors (Lipinski definition) is 5. The van der Waals surface area contributed by atoms with E-state index in [-0.39, 0.29) is 32.1 Å². The van der Waals surface area contributed by atoms with Crippen molar-refractivity contribution in [3.8, 4) is 0 Å². The van der Waals surface area contributed by atoms with Crippen molar-refractivity contribution in [2.45, 2.75) is 15.6 Å². The van der Waals surface area contributed by atoms with Crippen molar-refractivity contribution in [1.29, 1.82) is 0 Å². The summed E-state index contributed by atoms with van der Waals surface area (Å²) in [7, 11) is 0. The molecule has 6 N–H and O–H groups in total. The van der Waals surface area contributed by atoms with Crippen LogP contribution in [0.1, 0.15) is 16.1 Å². The number of β-lactam (4-membered cyclic amide) rings is 1. The fourth-order valence-corrected chi connectivity index (χ4v) is 8.73. The Morgan fingerprint density at radius 2 is 1.91 bits per heavy atom. The maximum Gasteiger partial charge on any atom is 0.352 e. The van der Waals surface area contributed by atoms with Crippen molar-refractivity contribution in [2.75, 3.05) is 17.2 Å². The van der Waals surface area contributed by atoms with Crippen LogP contribution in [0.2, 0.25) is 0 Å². The first kappa shape index (κ1) is 30.3. The molecule has 1 aromatic carbocycles. The molecule has 0 radical (unpaired) electrons. The summed E-state index contributed by atoms with van der Waals surface area (Å²) in [6, 6.07) is -0.792. The Labute approximate surface area is 252 Å². The molecule has 0 saturated carbocycles. The van der Waals surface area contributed by atoms with Crippen molar-refractivity contribution in [3.05, 3.63) is 61.6 Å². The molecule has 13 nitrogen and oxygen atoms in total. The molecule has 4 heterocycles. The second-order valence-corrected chi connectivity index (χ2v) is 12.9. The van der Waals surface area contributed by atoms with Gasteiger partial charge in [-0.15, -0.1) is 46.2 Å². The molecule has 43 heavy (non-hydrogen) atoms. The summed E-state index contributed by atoms with van der Waals surface area (Å²) in [4.78, 5) is 67.3. The third kappa shape index (κ3) is 5.19. The number of thiazole rings is 1. The maximum absolute atomic E-state index is 14.5. The van der Waals surface area contributed by atoms with Crippen LogP contribution in [0.4, 0.5) is 18.3 Å². The van der Waals surface area contributed by atoms with Gasteiger partial charge in [-0.1, -0.05) is 5.16 Å². The van der Waals surface area contributed by atoms with E-state index in [9.17, 15) is 52.6 Å². The SMILES string of the molecule is Nc1nc(/C(=N/O)C(=O)N[C@@H]2C(=O)N3C(C(=O)O)=C(CSc4sc5c(F)c(F)c(F)cc5c(=O)c4C(=O)O)CS[C@H]23)cs1. The number of rotatable bonds is 8. The zero-order valence-electron chi connectivity index (χ0n) is 20.8. The van der Waals surface area contributed by atoms with Gasteiger partial charge in [0.05, 0.1) is 8.91 Å². The molecule has 0 unspecified atom stereocenters. The van der Waals surface area contributed by atoms with E-state index in [0.717, 1.165) is 28.0 Å². The molecule has 224 valence electrons. The molecule has 2 aromatic heterocycles. The van der Waals surface area contributed by atoms with E-state index in [1.807, 2.05) is 0 Å². The van der Waals surface area contributed by atoms with E-state index in [1.54, 1.807) is 0 Å². The van der Waals surface area contributed by atoms with Crippen molar-refractivity contribution < 1.29 is 47.8 Å². The summed E-state index contributed by atoms with van der Waals surface area (Å²) in [6.07, 6.45) is 0. The fraction of sp³-hybridized carbons (Fsp3) is 0.174. The Morgan fingerprint density at radius 3 is 2.51 bits per heavy atom. The second-order valence-electron chi connectivity index (χ2n) is 8.69. The van der Waals surface area contributed by atoms with Crippen LogP contribution >= 0.6 is 46.2 Å². The van der Waals surface area contributed by atoms with E-state index >= 15 is 0 Å². The summed E-state index contributed by atoms with van der Waals surface area (Å²) in [6.45, 7) is 0. The van der Waals surface area contributed by atoms with Gasteiger partial charge in [-0.05, 0) is 11.6 Å². The minimum atomic E-state index is -1.85. The number of nitrogens with one attached hydrogen (secondary N) is 1. The fourth-order valence-electron chi connectivity index (χ4n) is 4.27. The van der Waals surface area contributed by atoms with Crippen LogP contribution in [0.25, 0.3) is 10.1 Å². The number of nitrogens with zero attached hydrogens (tertiary/aromatic N) is 3. The molecule has 20 heteroatoms. The van der Waals surface area contributed by atoms with Crippen molar-refractivity contribution in [3.63, 3.8) is 0 Å². The Hall–Kier alpha value is -4.14. The molecule has 2 atom stereocenters. The van der Waals surface area contributed by atoms with Crippen LogP contribution < -0.4 is 16.5 Å². The quantitative estimate of drug-likeness (QED) is 0.0581. The summed E-state index contributed by atoms with van der Waals surface area (Å²) >= 11 is 3.08. The lowest BCUT2D eigenvalue weighted by molar-refractivity contribution is -0.150. The molecule has 2 aliphatic rings. The number of nitrogens with two attached hydrogens (primary N) is 1. The molecule has 2 aliphatic heterocycles. The highest BCUT2D eigenvalue weighted by Gasteiger charge is 2.54. The number of aromatic carboxylic acids is 1. The number of thioether (sulfide) groups is 2. The number of benzene rings is 1. The van der Waals surface area contributed by atoms with E-state index in [0.29, 0.717) is 29.2 Å². The number of fused-ring (bicyclic) bond motifs is 2. The van der Waals surface area contributed by atoms with E-state index < -0.39 is 85.1 Å². The number of carbonyl (C=O) groups excluding carboxylic acids is 2. The maximum atomic E-state index is 14.5. The van der Waals surface area contributed by atoms with E-state index in [1.165, 1.54) is 5.38 Å². The number of carbonyl (C=O) groups is 4. The third-order valence-corrected chi connectivity index (χ3v) is 10.8. The number of hydrogen-bond acceptors (Lipinski definition) is 13. The van der Waals surface area contributed by atoms with Crippen LogP contribution in [0.5, 0.6) is 0 Å². The molecule has 5 rings (SSSR count). The number of amides is 2. The molecular weight excluding hydrogens is 660 g/mol. The average molecular weight is 674 g/mol. The Balaban J connectivity index is 1.41. The standard InChI is InChI=1S/C23H14F3N5O8S4/c24-7-1-6-15(32)9(20(35)36)22(43-16(6)11(26)10(7)25)41-3-5-2-40-19-13(18(34)31(19)14(5)21(37)38)29-17(33)12(30-39)8-4-42-23(27)28-8/h1,4,13,19,39H,2-3H2,(H2,27,28)(H,29,33)(H,35,36)(H,37,38)/b30-12-/t13-,19-/m1/s1. The highest BCUT2D eigenvalue weighted by molar-refractivity contribution is 8.02. The van der Waals surface area contributed by atoms with Crippen molar-refractivity contribution in [1.82, 2.24) is 15.2 Å². The van der Waals surface area contributed by atoms with Gasteiger partial charge in [0.2, 0.25) is 5.43 Å². The van der Waals surface area contributed by atoms with Crippen LogP contribution in [-0.2, 0) is 14.4 Å². The Bertz CT molecular complexity index is 1880. The zero-order chi connectivity index (χ0) is 31.3. The monoisotopic (exact) mass is 673 g/mol. The molecule has 0 spiro atoms. The first-order valence-electron chi connectivity index (χ1n) is 11.5. The minimum absolute atomic E-state index is 0.0158. The largest absolute Gasteiger partial charge is 0.477 e. The van der Waals surface area contributed by atoms with E-state index in [4.69, 9.17) is 5.73 Å². The molecule has 3 aromatic rings. The molecule has 1 saturated heterocycles. The summed E-state index contributed by atoms with van der Waals surface area (Å²) in [5, 5.41) is 34.0. The normalized spacial score (nSPS) is 18.4. The molecule has 0 aliphatic carbocycles. The molecule has 1 fully saturated rings. The lowest BCUT2D eigenvalue weighted by Gasteiger charge is -2.49. The summed E-state index contributed by atoms with van der Waals surface area (Å²) < 4.78 is 41.1. The van der Waals surface area contributed by atoms with Gasteiger partial charge in [0, 0.05) is 22.3 Å². The predicted octanol–water partition coefficient (Wildman–Crippen LogP) is 2.12. The van der Waals surface area contributed by atoms with Crippen molar-refractivity contribution in [2.24, 2.45) is 5.16 Å².